The van der Waals surface area contributed by atoms with Gasteiger partial charge in [0.05, 0.1) is 0 Å². The van der Waals surface area contributed by atoms with Gasteiger partial charge in [-0.05, 0) is 48.9 Å². The molecule has 1 aromatic rings. The summed E-state index contributed by atoms with van der Waals surface area (Å²) in [5.41, 5.74) is 7.60. The summed E-state index contributed by atoms with van der Waals surface area (Å²) in [5, 5.41) is 0. The van der Waals surface area contributed by atoms with Gasteiger partial charge in [-0.2, -0.15) is 0 Å². The first-order valence-electron chi connectivity index (χ1n) is 4.69. The Bertz CT molecular complexity index is 287. The normalized spacial score (nSPS) is 18.6. The van der Waals surface area contributed by atoms with Crippen LogP contribution in [-0.2, 0) is 6.42 Å². The van der Waals surface area contributed by atoms with Crippen LogP contribution >= 0.6 is 15.9 Å². The minimum absolute atomic E-state index is 0.452. The van der Waals surface area contributed by atoms with E-state index in [9.17, 15) is 0 Å². The molecule has 0 aliphatic heterocycles. The zero-order chi connectivity index (χ0) is 9.31. The highest BCUT2D eigenvalue weighted by Gasteiger charge is 2.40. The van der Waals surface area contributed by atoms with Gasteiger partial charge >= 0.3 is 0 Å². The zero-order valence-corrected chi connectivity index (χ0v) is 9.18. The van der Waals surface area contributed by atoms with Crippen molar-refractivity contribution in [2.24, 2.45) is 11.1 Å². The van der Waals surface area contributed by atoms with Gasteiger partial charge in [0.25, 0.3) is 0 Å². The van der Waals surface area contributed by atoms with Crippen molar-refractivity contribution in [3.05, 3.63) is 34.3 Å². The van der Waals surface area contributed by atoms with Crippen molar-refractivity contribution < 1.29 is 0 Å². The average molecular weight is 240 g/mol. The van der Waals surface area contributed by atoms with Gasteiger partial charge in [-0.25, -0.2) is 0 Å². The maximum Gasteiger partial charge on any atom is 0.0175 e. The first-order valence-corrected chi connectivity index (χ1v) is 5.48. The third-order valence-electron chi connectivity index (χ3n) is 2.88. The molecule has 1 fully saturated rings. The molecule has 1 aliphatic carbocycles. The molecular formula is C11H14BrN. The van der Waals surface area contributed by atoms with Crippen LogP contribution in [0.4, 0.5) is 0 Å². The van der Waals surface area contributed by atoms with Gasteiger partial charge in [0.2, 0.25) is 0 Å². The van der Waals surface area contributed by atoms with E-state index in [0.29, 0.717) is 5.41 Å². The fourth-order valence-corrected chi connectivity index (χ4v) is 1.93. The van der Waals surface area contributed by atoms with E-state index in [0.717, 1.165) is 17.4 Å². The Morgan fingerprint density at radius 3 is 2.31 bits per heavy atom. The molecule has 1 aliphatic rings. The van der Waals surface area contributed by atoms with E-state index in [-0.39, 0.29) is 0 Å². The van der Waals surface area contributed by atoms with Crippen molar-refractivity contribution in [1.82, 2.24) is 0 Å². The van der Waals surface area contributed by atoms with Gasteiger partial charge in [0.15, 0.2) is 0 Å². The van der Waals surface area contributed by atoms with Gasteiger partial charge < -0.3 is 5.73 Å². The van der Waals surface area contributed by atoms with E-state index in [2.05, 4.69) is 40.2 Å². The molecule has 2 N–H and O–H groups in total. The molecule has 2 rings (SSSR count). The van der Waals surface area contributed by atoms with Crippen LogP contribution in [0.5, 0.6) is 0 Å². The highest BCUT2D eigenvalue weighted by molar-refractivity contribution is 9.10. The fraction of sp³-hybridized carbons (Fsp3) is 0.455. The molecule has 1 aromatic carbocycles. The van der Waals surface area contributed by atoms with Crippen LogP contribution in [0.15, 0.2) is 28.7 Å². The predicted octanol–water partition coefficient (Wildman–Crippen LogP) is 2.73. The molecule has 0 aromatic heterocycles. The van der Waals surface area contributed by atoms with E-state index in [4.69, 9.17) is 5.73 Å². The lowest BCUT2D eigenvalue weighted by atomic mass is 9.97. The van der Waals surface area contributed by atoms with E-state index in [1.165, 1.54) is 18.4 Å². The van der Waals surface area contributed by atoms with Gasteiger partial charge in [-0.1, -0.05) is 28.1 Å². The third-order valence-corrected chi connectivity index (χ3v) is 3.41. The van der Waals surface area contributed by atoms with Crippen LogP contribution in [-0.4, -0.2) is 6.54 Å². The summed E-state index contributed by atoms with van der Waals surface area (Å²) in [6.07, 6.45) is 3.76. The van der Waals surface area contributed by atoms with Crippen LogP contribution < -0.4 is 5.73 Å². The molecule has 13 heavy (non-hydrogen) atoms. The third kappa shape index (κ3) is 2.12. The molecule has 0 unspecified atom stereocenters. The number of nitrogens with two attached hydrogens (primary N) is 1. The minimum atomic E-state index is 0.452. The summed E-state index contributed by atoms with van der Waals surface area (Å²) in [5.74, 6) is 0. The molecule has 0 bridgehead atoms. The Kier molecular flexibility index (Phi) is 2.43. The number of halogens is 1. The summed E-state index contributed by atoms with van der Waals surface area (Å²) in [7, 11) is 0. The van der Waals surface area contributed by atoms with Crippen molar-refractivity contribution in [2.45, 2.75) is 19.3 Å². The first-order chi connectivity index (χ1) is 6.24. The van der Waals surface area contributed by atoms with E-state index >= 15 is 0 Å². The monoisotopic (exact) mass is 239 g/mol. The molecule has 1 nitrogen and oxygen atoms in total. The minimum Gasteiger partial charge on any atom is -0.330 e. The van der Waals surface area contributed by atoms with Crippen molar-refractivity contribution in [2.75, 3.05) is 6.54 Å². The van der Waals surface area contributed by atoms with E-state index < -0.39 is 0 Å². The predicted molar refractivity (Wildman–Crippen MR) is 58.6 cm³/mol. The van der Waals surface area contributed by atoms with Crippen LogP contribution in [0.2, 0.25) is 0 Å². The van der Waals surface area contributed by atoms with Crippen molar-refractivity contribution >= 4 is 15.9 Å². The fourth-order valence-electron chi connectivity index (χ4n) is 1.67. The van der Waals surface area contributed by atoms with Crippen LogP contribution in [0.1, 0.15) is 18.4 Å². The Morgan fingerprint density at radius 2 is 1.85 bits per heavy atom. The molecule has 0 amide bonds. The summed E-state index contributed by atoms with van der Waals surface area (Å²) in [6, 6.07) is 8.56. The largest absolute Gasteiger partial charge is 0.330 e. The average Bonchev–Trinajstić information content (AvgIpc) is 2.90. The number of rotatable bonds is 3. The standard InChI is InChI=1S/C11H14BrN/c12-10-3-1-9(2-4-10)7-11(8-13)5-6-11/h1-4H,5-8,13H2. The van der Waals surface area contributed by atoms with Crippen LogP contribution in [0.3, 0.4) is 0 Å². The molecule has 0 saturated heterocycles. The molecule has 2 heteroatoms. The summed E-state index contributed by atoms with van der Waals surface area (Å²) in [4.78, 5) is 0. The molecule has 0 spiro atoms. The number of hydrogen-bond acceptors (Lipinski definition) is 1. The van der Waals surface area contributed by atoms with Gasteiger partial charge in [-0.15, -0.1) is 0 Å². The maximum absolute atomic E-state index is 5.74. The summed E-state index contributed by atoms with van der Waals surface area (Å²) < 4.78 is 1.15. The number of hydrogen-bond donors (Lipinski definition) is 1. The first kappa shape index (κ1) is 9.22. The van der Waals surface area contributed by atoms with Crippen LogP contribution in [0, 0.1) is 5.41 Å². The maximum atomic E-state index is 5.74. The SMILES string of the molecule is NCC1(Cc2ccc(Br)cc2)CC1. The second-order valence-electron chi connectivity index (χ2n) is 4.01. The molecule has 0 atom stereocenters. The van der Waals surface area contributed by atoms with Crippen molar-refractivity contribution in [1.29, 1.82) is 0 Å². The lowest BCUT2D eigenvalue weighted by Crippen LogP contribution is -2.17. The lowest BCUT2D eigenvalue weighted by Gasteiger charge is -2.11. The van der Waals surface area contributed by atoms with E-state index in [1.807, 2.05) is 0 Å². The highest BCUT2D eigenvalue weighted by atomic mass is 79.9. The molecule has 70 valence electrons. The summed E-state index contributed by atoms with van der Waals surface area (Å²) in [6.45, 7) is 0.836. The second kappa shape index (κ2) is 3.43. The Hall–Kier alpha value is -0.340. The smallest absolute Gasteiger partial charge is 0.0175 e. The Labute approximate surface area is 87.5 Å². The quantitative estimate of drug-likeness (QED) is 0.863. The molecule has 1 saturated carbocycles. The van der Waals surface area contributed by atoms with Gasteiger partial charge in [0, 0.05) is 4.47 Å². The molecule has 0 heterocycles. The number of benzene rings is 1. The van der Waals surface area contributed by atoms with Gasteiger partial charge in [0.1, 0.15) is 0 Å². The molecule has 0 radical (unpaired) electrons. The van der Waals surface area contributed by atoms with Crippen LogP contribution in [0.25, 0.3) is 0 Å². The van der Waals surface area contributed by atoms with Crippen molar-refractivity contribution in [3.63, 3.8) is 0 Å². The zero-order valence-electron chi connectivity index (χ0n) is 7.59. The molecular weight excluding hydrogens is 226 g/mol. The van der Waals surface area contributed by atoms with Crippen molar-refractivity contribution in [3.8, 4) is 0 Å². The summed E-state index contributed by atoms with van der Waals surface area (Å²) >= 11 is 3.43. The lowest BCUT2D eigenvalue weighted by molar-refractivity contribution is 0.521. The Balaban J connectivity index is 2.06. The van der Waals surface area contributed by atoms with E-state index in [1.54, 1.807) is 0 Å². The highest BCUT2D eigenvalue weighted by Crippen LogP contribution is 2.47. The second-order valence-corrected chi connectivity index (χ2v) is 4.92. The Morgan fingerprint density at radius 1 is 1.23 bits per heavy atom. The topological polar surface area (TPSA) is 26.0 Å². The van der Waals surface area contributed by atoms with Gasteiger partial charge in [-0.3, -0.25) is 0 Å².